The molecule has 1 saturated heterocycles. The van der Waals surface area contributed by atoms with Crippen LogP contribution in [0.25, 0.3) is 0 Å². The van der Waals surface area contributed by atoms with Crippen LogP contribution in [0.3, 0.4) is 0 Å². The van der Waals surface area contributed by atoms with Crippen LogP contribution in [0, 0.1) is 11.3 Å². The van der Waals surface area contributed by atoms with E-state index in [1.165, 1.54) is 0 Å². The highest BCUT2D eigenvalue weighted by molar-refractivity contribution is 5.36. The molecule has 0 bridgehead atoms. The van der Waals surface area contributed by atoms with E-state index < -0.39 is 11.9 Å². The van der Waals surface area contributed by atoms with Gasteiger partial charge in [-0.25, -0.2) is 0 Å². The smallest absolute Gasteiger partial charge is 0.182 e. The molecule has 2 aliphatic rings. The lowest BCUT2D eigenvalue weighted by Crippen LogP contribution is -2.41. The largest absolute Gasteiger partial charge is 0.388 e. The Morgan fingerprint density at radius 3 is 2.04 bits per heavy atom. The molecule has 2 aromatic rings. The molecule has 126 valence electrons. The van der Waals surface area contributed by atoms with Gasteiger partial charge in [-0.1, -0.05) is 74.5 Å². The zero-order valence-electron chi connectivity index (χ0n) is 14.2. The van der Waals surface area contributed by atoms with Gasteiger partial charge in [0.25, 0.3) is 0 Å². The highest BCUT2D eigenvalue weighted by Gasteiger charge is 2.72. The lowest BCUT2D eigenvalue weighted by molar-refractivity contribution is -0.257. The van der Waals surface area contributed by atoms with Crippen molar-refractivity contribution in [1.29, 1.82) is 0 Å². The predicted octanol–water partition coefficient (Wildman–Crippen LogP) is 3.90. The summed E-state index contributed by atoms with van der Waals surface area (Å²) < 4.78 is 12.5. The van der Waals surface area contributed by atoms with Crippen molar-refractivity contribution in [3.63, 3.8) is 0 Å². The van der Waals surface area contributed by atoms with Crippen molar-refractivity contribution >= 4 is 0 Å². The lowest BCUT2D eigenvalue weighted by Gasteiger charge is -2.36. The summed E-state index contributed by atoms with van der Waals surface area (Å²) in [7, 11) is 0. The molecule has 2 unspecified atom stereocenters. The maximum Gasteiger partial charge on any atom is 0.182 e. The van der Waals surface area contributed by atoms with Gasteiger partial charge in [0.2, 0.25) is 0 Å². The number of ether oxygens (including phenoxy) is 2. The highest BCUT2D eigenvalue weighted by atomic mass is 16.7. The van der Waals surface area contributed by atoms with Gasteiger partial charge in [0, 0.05) is 11.3 Å². The molecule has 3 heteroatoms. The molecule has 3 nitrogen and oxygen atoms in total. The van der Waals surface area contributed by atoms with Crippen LogP contribution in [0.15, 0.2) is 60.7 Å². The van der Waals surface area contributed by atoms with Gasteiger partial charge in [-0.2, -0.15) is 0 Å². The molecule has 1 heterocycles. The first-order valence-corrected chi connectivity index (χ1v) is 8.59. The van der Waals surface area contributed by atoms with E-state index in [1.807, 2.05) is 48.5 Å². The number of aliphatic hydroxyl groups excluding tert-OH is 1. The molecular weight excluding hydrogens is 300 g/mol. The molecule has 1 aliphatic heterocycles. The molecule has 24 heavy (non-hydrogen) atoms. The summed E-state index contributed by atoms with van der Waals surface area (Å²) in [5.74, 6) is -0.727. The zero-order valence-corrected chi connectivity index (χ0v) is 14.2. The average molecular weight is 324 g/mol. The number of hydrogen-bond acceptors (Lipinski definition) is 3. The minimum absolute atomic E-state index is 0.0112. The number of hydrogen-bond donors (Lipinski definition) is 1. The van der Waals surface area contributed by atoms with Crippen LogP contribution in [0.2, 0.25) is 0 Å². The molecular formula is C21H24O3. The van der Waals surface area contributed by atoms with Crippen molar-refractivity contribution in [3.8, 4) is 0 Å². The summed E-state index contributed by atoms with van der Waals surface area (Å²) in [6.45, 7) is 5.58. The van der Waals surface area contributed by atoms with Crippen LogP contribution in [0.1, 0.15) is 37.0 Å². The predicted molar refractivity (Wildman–Crippen MR) is 92.5 cm³/mol. The summed E-state index contributed by atoms with van der Waals surface area (Å²) in [6, 6.07) is 20.1. The first kappa shape index (κ1) is 15.8. The van der Waals surface area contributed by atoms with Crippen molar-refractivity contribution in [3.05, 3.63) is 71.8 Å². The standard InChI is InChI=1S/C21H24O3/c1-20(2)13-23-21(24-14-20)17(15-9-5-3-6-10-15)18(21)19(22)16-11-7-4-8-12-16/h3-12,17-19,22H,13-14H2,1-2H3/t17-,18?,19?/m0/s1. The third kappa shape index (κ3) is 2.57. The first-order valence-electron chi connectivity index (χ1n) is 8.59. The number of aliphatic hydroxyl groups is 1. The van der Waals surface area contributed by atoms with Gasteiger partial charge < -0.3 is 14.6 Å². The van der Waals surface area contributed by atoms with Crippen LogP contribution < -0.4 is 0 Å². The molecule has 1 saturated carbocycles. The van der Waals surface area contributed by atoms with Crippen molar-refractivity contribution in [2.75, 3.05) is 13.2 Å². The summed E-state index contributed by atoms with van der Waals surface area (Å²) in [5, 5.41) is 11.0. The fourth-order valence-electron chi connectivity index (χ4n) is 3.80. The third-order valence-electron chi connectivity index (χ3n) is 5.17. The van der Waals surface area contributed by atoms with E-state index in [1.54, 1.807) is 0 Å². The maximum absolute atomic E-state index is 11.0. The van der Waals surface area contributed by atoms with E-state index in [0.717, 1.165) is 11.1 Å². The normalized spacial score (nSPS) is 28.5. The minimum Gasteiger partial charge on any atom is -0.388 e. The first-order chi connectivity index (χ1) is 11.5. The summed E-state index contributed by atoms with van der Waals surface area (Å²) >= 11 is 0. The Morgan fingerprint density at radius 1 is 0.917 bits per heavy atom. The van der Waals surface area contributed by atoms with Crippen LogP contribution >= 0.6 is 0 Å². The van der Waals surface area contributed by atoms with Gasteiger partial charge in [-0.05, 0) is 11.1 Å². The second kappa shape index (κ2) is 5.69. The van der Waals surface area contributed by atoms with E-state index >= 15 is 0 Å². The monoisotopic (exact) mass is 324 g/mol. The Labute approximate surface area is 143 Å². The molecule has 4 rings (SSSR count). The number of benzene rings is 2. The minimum atomic E-state index is -0.702. The maximum atomic E-state index is 11.0. The molecule has 3 atom stereocenters. The molecule has 1 spiro atoms. The molecule has 0 amide bonds. The van der Waals surface area contributed by atoms with Gasteiger partial charge in [0.1, 0.15) is 0 Å². The third-order valence-corrected chi connectivity index (χ3v) is 5.17. The Kier molecular flexibility index (Phi) is 3.75. The molecule has 1 N–H and O–H groups in total. The van der Waals surface area contributed by atoms with Crippen molar-refractivity contribution in [2.24, 2.45) is 11.3 Å². The molecule has 0 aromatic heterocycles. The van der Waals surface area contributed by atoms with E-state index in [9.17, 15) is 5.11 Å². The van der Waals surface area contributed by atoms with Gasteiger partial charge in [0.15, 0.2) is 5.79 Å². The van der Waals surface area contributed by atoms with Crippen LogP contribution in [0.4, 0.5) is 0 Å². The van der Waals surface area contributed by atoms with Gasteiger partial charge in [0.05, 0.1) is 25.2 Å². The second-order valence-electron chi connectivity index (χ2n) is 7.73. The van der Waals surface area contributed by atoms with Crippen LogP contribution in [-0.4, -0.2) is 24.1 Å². The topological polar surface area (TPSA) is 38.7 Å². The molecule has 2 aromatic carbocycles. The Bertz CT molecular complexity index is 686. The van der Waals surface area contributed by atoms with Gasteiger partial charge in [-0.3, -0.25) is 0 Å². The fourth-order valence-corrected chi connectivity index (χ4v) is 3.80. The SMILES string of the molecule is CC1(C)COC2(OC1)C(C(O)c1ccccc1)[C@@H]2c1ccccc1. The summed E-state index contributed by atoms with van der Waals surface area (Å²) in [4.78, 5) is 0. The highest BCUT2D eigenvalue weighted by Crippen LogP contribution is 2.66. The quantitative estimate of drug-likeness (QED) is 0.930. The van der Waals surface area contributed by atoms with Crippen LogP contribution in [-0.2, 0) is 9.47 Å². The Hall–Kier alpha value is -1.68. The average Bonchev–Trinajstić information content (AvgIpc) is 3.27. The van der Waals surface area contributed by atoms with E-state index in [2.05, 4.69) is 26.0 Å². The van der Waals surface area contributed by atoms with Crippen LogP contribution in [0.5, 0.6) is 0 Å². The Morgan fingerprint density at radius 2 is 1.46 bits per heavy atom. The lowest BCUT2D eigenvalue weighted by atomic mass is 9.95. The van der Waals surface area contributed by atoms with Gasteiger partial charge >= 0.3 is 0 Å². The fraction of sp³-hybridized carbons (Fsp3) is 0.429. The second-order valence-corrected chi connectivity index (χ2v) is 7.73. The molecule has 1 aliphatic carbocycles. The Balaban J connectivity index is 1.66. The van der Waals surface area contributed by atoms with E-state index in [4.69, 9.17) is 9.47 Å². The molecule has 2 fully saturated rings. The van der Waals surface area contributed by atoms with Gasteiger partial charge in [-0.15, -0.1) is 0 Å². The summed E-state index contributed by atoms with van der Waals surface area (Å²) in [5.41, 5.74) is 2.09. The van der Waals surface area contributed by atoms with E-state index in [-0.39, 0.29) is 17.3 Å². The summed E-state index contributed by atoms with van der Waals surface area (Å²) in [6.07, 6.45) is -0.599. The van der Waals surface area contributed by atoms with Crippen molar-refractivity contribution in [2.45, 2.75) is 31.7 Å². The van der Waals surface area contributed by atoms with Crippen molar-refractivity contribution < 1.29 is 14.6 Å². The molecule has 0 radical (unpaired) electrons. The zero-order chi connectivity index (χ0) is 16.8. The van der Waals surface area contributed by atoms with Crippen molar-refractivity contribution in [1.82, 2.24) is 0 Å². The van der Waals surface area contributed by atoms with E-state index in [0.29, 0.717) is 13.2 Å². The number of rotatable bonds is 3.